The van der Waals surface area contributed by atoms with Gasteiger partial charge in [-0.3, -0.25) is 0 Å². The molecule has 1 atom stereocenters. The number of benzene rings is 2. The highest BCUT2D eigenvalue weighted by molar-refractivity contribution is 5.92. The molecule has 4 rings (SSSR count). The Labute approximate surface area is 189 Å². The number of halogens is 1. The summed E-state index contributed by atoms with van der Waals surface area (Å²) in [6.45, 7) is 7.52. The molecule has 0 saturated carbocycles. The van der Waals surface area contributed by atoms with Crippen LogP contribution in [0.1, 0.15) is 28.7 Å². The van der Waals surface area contributed by atoms with Crippen LogP contribution in [0.3, 0.4) is 0 Å². The van der Waals surface area contributed by atoms with Crippen molar-refractivity contribution < 1.29 is 21.9 Å². The molecule has 172 valence electrons. The second-order valence-corrected chi connectivity index (χ2v) is 8.46. The average molecular weight is 443 g/mol. The number of nitrogens with one attached hydrogen (secondary N) is 1. The number of carbonyl (C=O) groups excluding carboxylic acids is 1. The Hall–Kier alpha value is -3.42. The summed E-state index contributed by atoms with van der Waals surface area (Å²) < 4.78 is 19.7. The average Bonchev–Trinajstić information content (AvgIpc) is 3.20. The molecule has 0 radical (unpaired) electrons. The maximum atomic E-state index is 14.5. The summed E-state index contributed by atoms with van der Waals surface area (Å²) in [5, 5.41) is 14.0. The van der Waals surface area contributed by atoms with Crippen LogP contribution < -0.4 is 10.2 Å². The zero-order valence-electron chi connectivity index (χ0n) is 18.4. The van der Waals surface area contributed by atoms with Crippen LogP contribution in [0.25, 0.3) is 22.3 Å². The molecule has 7 nitrogen and oxygen atoms in total. The standard InChI is InChI=1S/C24H27FN4O3.2H2/c1-14(2)32-24(31)26-12-16-9-10-29(13-16)23-17-8-7-15(3)11-19(17)27-22(28-23)21-18(25)5-4-6-20(21)30;;/h4-8,11,14,16,30H,9-10,12-13H2,1-3H3,(H,26,31);2*1H/t16-;;/m0../s1. The fourth-order valence-corrected chi connectivity index (χ4v) is 3.98. The van der Waals surface area contributed by atoms with Gasteiger partial charge in [-0.2, -0.15) is 0 Å². The van der Waals surface area contributed by atoms with Crippen molar-refractivity contribution in [2.75, 3.05) is 24.5 Å². The molecule has 1 amide bonds. The quantitative estimate of drug-likeness (QED) is 0.584. The largest absolute Gasteiger partial charge is 0.507 e. The molecule has 1 aromatic heterocycles. The number of aromatic hydroxyl groups is 1. The zero-order chi connectivity index (χ0) is 22.8. The van der Waals surface area contributed by atoms with Gasteiger partial charge in [0.05, 0.1) is 17.2 Å². The zero-order valence-corrected chi connectivity index (χ0v) is 18.4. The molecule has 1 aliphatic heterocycles. The molecule has 0 bridgehead atoms. The van der Waals surface area contributed by atoms with Gasteiger partial charge in [-0.05, 0) is 62.9 Å². The number of alkyl carbamates (subject to hydrolysis) is 1. The van der Waals surface area contributed by atoms with Gasteiger partial charge in [0.2, 0.25) is 0 Å². The molecule has 2 N–H and O–H groups in total. The number of nitrogens with zero attached hydrogens (tertiary/aromatic N) is 3. The molecule has 2 aromatic carbocycles. The summed E-state index contributed by atoms with van der Waals surface area (Å²) in [7, 11) is 0. The fourth-order valence-electron chi connectivity index (χ4n) is 3.98. The summed E-state index contributed by atoms with van der Waals surface area (Å²) in [4.78, 5) is 23.2. The number of hydrogen-bond acceptors (Lipinski definition) is 6. The monoisotopic (exact) mass is 442 g/mol. The smallest absolute Gasteiger partial charge is 0.407 e. The number of phenols is 1. The first kappa shape index (κ1) is 21.8. The van der Waals surface area contributed by atoms with E-state index in [1.165, 1.54) is 18.2 Å². The van der Waals surface area contributed by atoms with Crippen molar-refractivity contribution in [2.45, 2.75) is 33.3 Å². The number of aromatic nitrogens is 2. The van der Waals surface area contributed by atoms with Crippen molar-refractivity contribution in [2.24, 2.45) is 5.92 Å². The Morgan fingerprint density at radius 3 is 2.91 bits per heavy atom. The minimum atomic E-state index is -0.574. The van der Waals surface area contributed by atoms with Crippen molar-refractivity contribution in [1.29, 1.82) is 0 Å². The van der Waals surface area contributed by atoms with Gasteiger partial charge in [-0.25, -0.2) is 19.2 Å². The molecule has 1 aliphatic rings. The van der Waals surface area contributed by atoms with E-state index >= 15 is 0 Å². The first-order valence-corrected chi connectivity index (χ1v) is 10.8. The highest BCUT2D eigenvalue weighted by atomic mass is 19.1. The van der Waals surface area contributed by atoms with Crippen molar-refractivity contribution in [3.63, 3.8) is 0 Å². The van der Waals surface area contributed by atoms with E-state index in [1.54, 1.807) is 0 Å². The number of hydrogen-bond donors (Lipinski definition) is 2. The van der Waals surface area contributed by atoms with Crippen LogP contribution in [-0.2, 0) is 4.74 Å². The van der Waals surface area contributed by atoms with E-state index in [2.05, 4.69) is 20.2 Å². The van der Waals surface area contributed by atoms with Gasteiger partial charge in [-0.15, -0.1) is 0 Å². The molecule has 32 heavy (non-hydrogen) atoms. The van der Waals surface area contributed by atoms with Crippen LogP contribution in [0.5, 0.6) is 5.75 Å². The van der Waals surface area contributed by atoms with Gasteiger partial charge in [0.25, 0.3) is 0 Å². The van der Waals surface area contributed by atoms with E-state index in [1.807, 2.05) is 39.0 Å². The van der Waals surface area contributed by atoms with Gasteiger partial charge < -0.3 is 20.1 Å². The molecule has 1 fully saturated rings. The molecular weight excluding hydrogens is 411 g/mol. The van der Waals surface area contributed by atoms with Gasteiger partial charge in [0.15, 0.2) is 5.82 Å². The predicted octanol–water partition coefficient (Wildman–Crippen LogP) is 4.90. The van der Waals surface area contributed by atoms with Crippen LogP contribution in [0.2, 0.25) is 0 Å². The van der Waals surface area contributed by atoms with Gasteiger partial charge in [0, 0.05) is 27.9 Å². The van der Waals surface area contributed by atoms with Crippen molar-refractivity contribution >= 4 is 22.8 Å². The highest BCUT2D eigenvalue weighted by Crippen LogP contribution is 2.35. The predicted molar refractivity (Wildman–Crippen MR) is 126 cm³/mol. The number of aryl methyl sites for hydroxylation is 1. The Kier molecular flexibility index (Phi) is 6.12. The molecule has 0 aliphatic carbocycles. The van der Waals surface area contributed by atoms with Crippen molar-refractivity contribution in [3.8, 4) is 17.1 Å². The lowest BCUT2D eigenvalue weighted by Crippen LogP contribution is -2.32. The SMILES string of the molecule is Cc1ccc2c(N3CC[C@@H](CNC(=O)OC(C)C)C3)nc(-c3c(O)cccc3F)nc2c1.[HH].[HH]. The van der Waals surface area contributed by atoms with Crippen LogP contribution in [-0.4, -0.2) is 46.9 Å². The molecule has 0 unspecified atom stereocenters. The normalized spacial score (nSPS) is 16.0. The Balaban J connectivity index is 0.00000204. The number of rotatable bonds is 5. The Bertz CT molecular complexity index is 1140. The lowest BCUT2D eigenvalue weighted by molar-refractivity contribution is 0.114. The number of amides is 1. The van der Waals surface area contributed by atoms with Gasteiger partial charge in [0.1, 0.15) is 17.4 Å². The van der Waals surface area contributed by atoms with Crippen LogP contribution in [0.15, 0.2) is 36.4 Å². The number of carbonyl (C=O) groups is 1. The van der Waals surface area contributed by atoms with Gasteiger partial charge >= 0.3 is 6.09 Å². The Morgan fingerprint density at radius 1 is 1.34 bits per heavy atom. The van der Waals surface area contributed by atoms with E-state index in [0.717, 1.165) is 23.9 Å². The first-order chi connectivity index (χ1) is 15.3. The number of phenolic OH excluding ortho intramolecular Hbond substituents is 1. The maximum absolute atomic E-state index is 14.5. The third-order valence-electron chi connectivity index (χ3n) is 5.51. The lowest BCUT2D eigenvalue weighted by Gasteiger charge is -2.21. The summed E-state index contributed by atoms with van der Waals surface area (Å²) in [6.07, 6.45) is 0.289. The third-order valence-corrected chi connectivity index (χ3v) is 5.51. The number of ether oxygens (including phenoxy) is 1. The van der Waals surface area contributed by atoms with E-state index < -0.39 is 11.9 Å². The second-order valence-electron chi connectivity index (χ2n) is 8.46. The third kappa shape index (κ3) is 4.59. The van der Waals surface area contributed by atoms with E-state index in [0.29, 0.717) is 24.4 Å². The molecule has 3 aromatic rings. The van der Waals surface area contributed by atoms with E-state index in [9.17, 15) is 14.3 Å². The topological polar surface area (TPSA) is 87.6 Å². The molecule has 1 saturated heterocycles. The Morgan fingerprint density at radius 2 is 2.16 bits per heavy atom. The summed E-state index contributed by atoms with van der Waals surface area (Å²) >= 11 is 0. The fraction of sp³-hybridized carbons (Fsp3) is 0.375. The van der Waals surface area contributed by atoms with Crippen LogP contribution in [0.4, 0.5) is 15.0 Å². The maximum Gasteiger partial charge on any atom is 0.407 e. The summed E-state index contributed by atoms with van der Waals surface area (Å²) in [5.41, 5.74) is 1.71. The number of anilines is 1. The van der Waals surface area contributed by atoms with Crippen LogP contribution in [0, 0.1) is 18.7 Å². The van der Waals surface area contributed by atoms with Gasteiger partial charge in [-0.1, -0.05) is 12.1 Å². The van der Waals surface area contributed by atoms with E-state index in [4.69, 9.17) is 4.74 Å². The molecule has 2 heterocycles. The minimum absolute atomic E-state index is 0. The van der Waals surface area contributed by atoms with Crippen molar-refractivity contribution in [3.05, 3.63) is 47.8 Å². The second kappa shape index (κ2) is 8.98. The molecule has 8 heteroatoms. The highest BCUT2D eigenvalue weighted by Gasteiger charge is 2.27. The number of fused-ring (bicyclic) bond motifs is 1. The summed E-state index contributed by atoms with van der Waals surface area (Å²) in [5.74, 6) is 0.302. The lowest BCUT2D eigenvalue weighted by atomic mass is 10.1. The first-order valence-electron chi connectivity index (χ1n) is 10.8. The minimum Gasteiger partial charge on any atom is -0.507 e. The van der Waals surface area contributed by atoms with E-state index in [-0.39, 0.29) is 32.0 Å². The van der Waals surface area contributed by atoms with Crippen molar-refractivity contribution in [1.82, 2.24) is 15.3 Å². The molecule has 0 spiro atoms. The van der Waals surface area contributed by atoms with Crippen LogP contribution >= 0.6 is 0 Å². The summed E-state index contributed by atoms with van der Waals surface area (Å²) in [6, 6.07) is 10.0. The molecular formula is C24H31FN4O3.